The molecule has 59 heteroatoms. The first-order valence-corrected chi connectivity index (χ1v) is 44.2. The lowest BCUT2D eigenvalue weighted by Crippen LogP contribution is -2.63. The Kier molecular flexibility index (Phi) is 47.6. The van der Waals surface area contributed by atoms with Crippen LogP contribution in [0.1, 0.15) is 89.8 Å². The van der Waals surface area contributed by atoms with Gasteiger partial charge in [-0.3, -0.25) is 95.9 Å². The minimum atomic E-state index is -2.04. The van der Waals surface area contributed by atoms with Gasteiger partial charge in [0.05, 0.1) is 124 Å². The summed E-state index contributed by atoms with van der Waals surface area (Å²) in [5.74, 6) is -25.4. The quantitative estimate of drug-likeness (QED) is 0.0161. The van der Waals surface area contributed by atoms with Gasteiger partial charge in [0.25, 0.3) is 0 Å². The van der Waals surface area contributed by atoms with E-state index < -0.39 is 296 Å². The van der Waals surface area contributed by atoms with Crippen molar-refractivity contribution >= 4 is 162 Å². The molecule has 0 aromatic carbocycles. The zero-order valence-electron chi connectivity index (χ0n) is 75.0. The van der Waals surface area contributed by atoms with E-state index in [4.69, 9.17) is 5.73 Å². The van der Waals surface area contributed by atoms with E-state index in [1.165, 1.54) is 83.4 Å². The number of thiol groups is 3. The number of nitrogens with one attached hydrogen (secondary N) is 24. The second kappa shape index (κ2) is 57.5. The van der Waals surface area contributed by atoms with E-state index in [0.717, 1.165) is 13.8 Å². The van der Waals surface area contributed by atoms with Crippen LogP contribution in [0.25, 0.3) is 0 Å². The van der Waals surface area contributed by atoms with E-state index in [1.807, 2.05) is 0 Å². The third-order valence-electron chi connectivity index (χ3n) is 19.6. The first kappa shape index (κ1) is 113. The number of H-pyrrole nitrogens is 5. The third kappa shape index (κ3) is 39.7. The number of carboxylic acid groups (broad SMARTS) is 2. The van der Waals surface area contributed by atoms with Crippen LogP contribution < -0.4 is 107 Å². The molecule has 31 N–H and O–H groups in total. The van der Waals surface area contributed by atoms with Crippen molar-refractivity contribution in [2.45, 2.75) is 196 Å². The van der Waals surface area contributed by atoms with Crippen molar-refractivity contribution < 1.29 is 126 Å². The van der Waals surface area contributed by atoms with Gasteiger partial charge >= 0.3 is 11.9 Å². The molecule has 19 amide bonds. The number of aliphatic carboxylic acids is 2. The van der Waals surface area contributed by atoms with Crippen LogP contribution in [0.3, 0.4) is 0 Å². The highest BCUT2D eigenvalue weighted by molar-refractivity contribution is 7.80. The average Bonchev–Trinajstić information content (AvgIpc) is 1.83. The maximum atomic E-state index is 14.5. The Labute approximate surface area is 796 Å². The third-order valence-corrected chi connectivity index (χ3v) is 20.7. The molecule has 5 heterocycles. The molecule has 0 fully saturated rings. The summed E-state index contributed by atoms with van der Waals surface area (Å²) in [4.78, 5) is 315. The summed E-state index contributed by atoms with van der Waals surface area (Å²) in [5, 5.41) is 95.3. The van der Waals surface area contributed by atoms with E-state index >= 15 is 0 Å². The number of carbonyl (C=O) groups excluding carboxylic acids is 19. The van der Waals surface area contributed by atoms with Gasteiger partial charge in [0.2, 0.25) is 112 Å². The number of aliphatic hydroxyl groups excluding tert-OH is 3. The van der Waals surface area contributed by atoms with Crippen molar-refractivity contribution in [1.29, 1.82) is 0 Å². The van der Waals surface area contributed by atoms with Gasteiger partial charge in [0.15, 0.2) is 0 Å². The molecule has 0 spiro atoms. The van der Waals surface area contributed by atoms with Crippen LogP contribution in [-0.2, 0) is 133 Å². The molecule has 0 unspecified atom stereocenters. The normalized spacial score (nSPS) is 14.8. The molecule has 5 aromatic heterocycles. The van der Waals surface area contributed by atoms with Crippen molar-refractivity contribution in [3.63, 3.8) is 0 Å². The van der Waals surface area contributed by atoms with Crippen molar-refractivity contribution in [2.24, 2.45) is 17.6 Å². The number of aliphatic hydroxyl groups is 3. The molecule has 56 nitrogen and oxygen atoms in total. The Morgan fingerprint density at radius 2 is 0.577 bits per heavy atom. The summed E-state index contributed by atoms with van der Waals surface area (Å²) < 4.78 is 0. The predicted molar refractivity (Wildman–Crippen MR) is 483 cm³/mol. The first-order valence-electron chi connectivity index (χ1n) is 42.3. The Bertz CT molecular complexity index is 4900. The molecule has 0 radical (unpaired) electrons. The number of amides is 19. The van der Waals surface area contributed by atoms with Crippen LogP contribution in [0.4, 0.5) is 0 Å². The summed E-state index contributed by atoms with van der Waals surface area (Å²) in [6.07, 6.45) is 7.53. The molecule has 0 aliphatic rings. The summed E-state index contributed by atoms with van der Waals surface area (Å²) >= 11 is 12.3. The van der Waals surface area contributed by atoms with Crippen LogP contribution in [0.15, 0.2) is 62.6 Å². The van der Waals surface area contributed by atoms with E-state index in [9.17, 15) is 126 Å². The number of hydrogen-bond donors (Lipinski definition) is 33. The summed E-state index contributed by atoms with van der Waals surface area (Å²) in [6, 6.07) is -24.1. The number of carbonyl (C=O) groups is 21. The van der Waals surface area contributed by atoms with Crippen LogP contribution in [0.2, 0.25) is 0 Å². The van der Waals surface area contributed by atoms with Gasteiger partial charge < -0.3 is 157 Å². The van der Waals surface area contributed by atoms with Gasteiger partial charge in [0, 0.05) is 80.3 Å². The molecule has 0 aliphatic carbocycles. The van der Waals surface area contributed by atoms with Gasteiger partial charge in [-0.25, -0.2) is 29.7 Å². The molecule has 5 aromatic rings. The molecule has 0 aliphatic heterocycles. The monoisotopic (exact) mass is 1980 g/mol. The van der Waals surface area contributed by atoms with Crippen molar-refractivity contribution in [3.8, 4) is 0 Å². The lowest BCUT2D eigenvalue weighted by molar-refractivity contribution is -0.142. The van der Waals surface area contributed by atoms with Crippen molar-refractivity contribution in [3.05, 3.63) is 91.1 Å². The number of rotatable bonds is 60. The zero-order chi connectivity index (χ0) is 102. The highest BCUT2D eigenvalue weighted by Crippen LogP contribution is 2.14. The van der Waals surface area contributed by atoms with Crippen molar-refractivity contribution in [2.75, 3.05) is 56.6 Å². The SMILES string of the molecule is CC(C)C[C@H](NC(=O)[C@H](CS)NC(=O)[C@H](CO)NC(=O)[C@H](CC(=O)O)NC(=O)[C@@H](NC(=O)[C@@H](NC(=O)[C@H](CS)NC(=O)[C@H](C)N)[C@@H](C)O)C(C)C)C(=O)N[C@H](C(=O)N[C@@H](CS)C(=O)NCC(=O)NCC(=O)NCC(=O)NCC(=O)NCC(=O)N[C@@H](Cc1c[nH]cn1)C(=O)N[C@@H](Cc1c[nH]cn1)C(=O)N[C@@H](Cc1c[nH]cn1)C(=O)N[C@@H](Cc1c[nH]cn1)C(=O)N[C@@H](Cc1c[nH]cn1)C(=O)O)[C@@H](C)O. The highest BCUT2D eigenvalue weighted by Gasteiger charge is 2.41. The van der Waals surface area contributed by atoms with E-state index in [-0.39, 0.29) is 67.1 Å². The smallest absolute Gasteiger partial charge is 0.326 e. The Morgan fingerprint density at radius 3 is 0.912 bits per heavy atom. The number of carboxylic acids is 2. The largest absolute Gasteiger partial charge is 0.481 e. The number of hydrogen-bond acceptors (Lipinski definition) is 33. The first-order chi connectivity index (χ1) is 64.8. The van der Waals surface area contributed by atoms with E-state index in [2.05, 4.69) is 189 Å². The molecule has 17 atom stereocenters. The topological polar surface area (TPSA) is 858 Å². The Hall–Kier alpha value is -14.2. The molecule has 137 heavy (non-hydrogen) atoms. The fourth-order valence-electron chi connectivity index (χ4n) is 12.3. The highest BCUT2D eigenvalue weighted by atomic mass is 32.1. The maximum Gasteiger partial charge on any atom is 0.326 e. The Balaban J connectivity index is 1.09. The standard InChI is InChI=1S/C78H116N30O26S3/c1-34(2)8-44(96-73(128)53(27-136)104-72(127)51(25-109)102-70(125)49(14-60(117)118)100-75(130)61(35(3)4)106-77(132)63(38(7)111)108-74(129)54(28-137)103-64(119)36(5)79)71(126)107-62(37(6)110)76(131)105-52(26-135)65(120)89-23-58(115)87-21-56(113)85-20-55(112)86-22-57(114)88-24-59(116)95-45(9-39-15-80-29-90-39)66(121)97-46(10-40-16-81-30-91-40)67(122)98-47(11-41-17-82-31-92-41)68(123)99-48(12-42-18-83-32-93-42)69(124)101-50(78(133)134)13-43-19-84-33-94-43/h15-19,29-38,44-54,61-63,109-111,135-137H,8-14,20-28,79H2,1-7H3,(H,80,90)(H,81,91)(H,82,92)(H,83,93)(H,84,94)(H,85,113)(H,86,112)(H,87,115)(H,88,114)(H,89,120)(H,95,116)(H,96,128)(H,97,121)(H,98,122)(H,99,123)(H,100,130)(H,101,124)(H,102,125)(H,103,119)(H,104,127)(H,105,131)(H,106,132)(H,107,126)(H,108,129)(H,117,118)(H,133,134)/t36-,37+,38+,44-,45-,46-,47-,48-,49-,50-,51-,52-,53-,54-,61-,62-,63-/m0/s1. The van der Waals surface area contributed by atoms with Crippen molar-refractivity contribution in [1.82, 2.24) is 151 Å². The zero-order valence-corrected chi connectivity index (χ0v) is 77.7. The van der Waals surface area contributed by atoms with E-state index in [1.54, 1.807) is 13.8 Å². The van der Waals surface area contributed by atoms with Crippen LogP contribution in [0.5, 0.6) is 0 Å². The summed E-state index contributed by atoms with van der Waals surface area (Å²) in [7, 11) is 0. The van der Waals surface area contributed by atoms with Gasteiger partial charge in [-0.15, -0.1) is 0 Å². The fourth-order valence-corrected chi connectivity index (χ4v) is 13.1. The predicted octanol–water partition coefficient (Wildman–Crippen LogP) is -13.7. The lowest BCUT2D eigenvalue weighted by atomic mass is 10.0. The fraction of sp³-hybridized carbons (Fsp3) is 0.538. The van der Waals surface area contributed by atoms with Crippen LogP contribution in [0, 0.1) is 11.8 Å². The summed E-state index contributed by atoms with van der Waals surface area (Å²) in [5.41, 5.74) is 6.88. The average molecular weight is 1990 g/mol. The maximum absolute atomic E-state index is 14.5. The molecule has 0 saturated carbocycles. The Morgan fingerprint density at radius 1 is 0.314 bits per heavy atom. The second-order valence-corrected chi connectivity index (χ2v) is 32.7. The number of nitrogens with zero attached hydrogens (tertiary/aromatic N) is 5. The van der Waals surface area contributed by atoms with Crippen LogP contribution >= 0.6 is 37.9 Å². The van der Waals surface area contributed by atoms with Crippen LogP contribution in [-0.4, -0.2) is 359 Å². The number of aromatic nitrogens is 10. The minimum Gasteiger partial charge on any atom is -0.481 e. The number of aromatic amines is 5. The molecule has 5 rings (SSSR count). The minimum absolute atomic E-state index is 0.171. The number of nitrogens with two attached hydrogens (primary N) is 1. The van der Waals surface area contributed by atoms with E-state index in [0.29, 0.717) is 5.69 Å². The molecular weight excluding hydrogens is 1870 g/mol. The van der Waals surface area contributed by atoms with Gasteiger partial charge in [-0.1, -0.05) is 27.7 Å². The molecule has 0 bridgehead atoms. The van der Waals surface area contributed by atoms with Gasteiger partial charge in [0.1, 0.15) is 84.6 Å². The molecular formula is C78H116N30O26S3. The van der Waals surface area contributed by atoms with Gasteiger partial charge in [-0.2, -0.15) is 37.9 Å². The molecule has 0 saturated heterocycles. The van der Waals surface area contributed by atoms with Gasteiger partial charge in [-0.05, 0) is 39.0 Å². The lowest BCUT2D eigenvalue weighted by Gasteiger charge is -2.29. The second-order valence-electron chi connectivity index (χ2n) is 31.6. The molecule has 752 valence electrons. The number of imidazole rings is 5. The summed E-state index contributed by atoms with van der Waals surface area (Å²) in [6.45, 7) is 4.51.